The highest BCUT2D eigenvalue weighted by Crippen LogP contribution is 1.94. The molecule has 0 aliphatic carbocycles. The second kappa shape index (κ2) is 5.40. The number of hydrogen-bond donors (Lipinski definition) is 0. The van der Waals surface area contributed by atoms with Crippen LogP contribution in [-0.4, -0.2) is 22.0 Å². The average Bonchev–Trinajstić information content (AvgIpc) is 1.61. The van der Waals surface area contributed by atoms with Gasteiger partial charge in [-0.15, -0.1) is 0 Å². The summed E-state index contributed by atoms with van der Waals surface area (Å²) >= 11 is 1.29. The molecule has 0 saturated carbocycles. The van der Waals surface area contributed by atoms with Gasteiger partial charge in [-0.3, -0.25) is 0 Å². The molecular weight excluding hydrogens is 97.7 g/mol. The van der Waals surface area contributed by atoms with Crippen molar-refractivity contribution in [3.63, 3.8) is 0 Å². The molecule has 0 spiro atoms. The third-order valence-electron chi connectivity index (χ3n) is 0.284. The van der Waals surface area contributed by atoms with E-state index in [-0.39, 0.29) is 0 Å². The lowest BCUT2D eigenvalue weighted by molar-refractivity contribution is 0.427. The van der Waals surface area contributed by atoms with Gasteiger partial charge in [0.1, 0.15) is 0 Å². The first-order valence-electron chi connectivity index (χ1n) is 1.56. The van der Waals surface area contributed by atoms with Gasteiger partial charge in [0, 0.05) is 0 Å². The van der Waals surface area contributed by atoms with Gasteiger partial charge in [0.05, 0.1) is 5.94 Å². The van der Waals surface area contributed by atoms with E-state index in [0.29, 0.717) is 5.94 Å². The van der Waals surface area contributed by atoms with Crippen molar-refractivity contribution >= 4 is 28.1 Å². The van der Waals surface area contributed by atoms with E-state index in [0.717, 1.165) is 0 Å². The van der Waals surface area contributed by atoms with E-state index < -0.39 is 0 Å². The first kappa shape index (κ1) is 6.40. The summed E-state index contributed by atoms with van der Waals surface area (Å²) in [5.74, 6) is 0.608. The van der Waals surface area contributed by atoms with Crippen LogP contribution in [0.5, 0.6) is 0 Å². The van der Waals surface area contributed by atoms with Crippen LogP contribution in [0.1, 0.15) is 0 Å². The Bertz CT molecular complexity index is 23.5. The van der Waals surface area contributed by atoms with Crippen LogP contribution >= 0.6 is 12.0 Å². The van der Waals surface area contributed by atoms with Crippen LogP contribution in [0.3, 0.4) is 0 Å². The fourth-order valence-corrected chi connectivity index (χ4v) is 0.289. The Morgan fingerprint density at radius 1 is 1.50 bits per heavy atom. The maximum Gasteiger partial charge on any atom is 0.277 e. The molecule has 0 rings (SSSR count). The third-order valence-corrected chi connectivity index (χ3v) is 0.851. The van der Waals surface area contributed by atoms with E-state index in [1.165, 1.54) is 12.0 Å². The molecule has 0 aromatic heterocycles. The fourth-order valence-electron chi connectivity index (χ4n) is 0.0962. The van der Waals surface area contributed by atoms with E-state index in [9.17, 15) is 0 Å². The van der Waals surface area contributed by atoms with Crippen LogP contribution < -0.4 is 0 Å². The summed E-state index contributed by atoms with van der Waals surface area (Å²) in [6.07, 6.45) is 0. The van der Waals surface area contributed by atoms with Gasteiger partial charge in [0.25, 0.3) is 16.1 Å². The van der Waals surface area contributed by atoms with Crippen molar-refractivity contribution < 1.29 is 8.75 Å². The molecule has 0 heterocycles. The normalized spacial score (nSPS) is 8.67. The quantitative estimate of drug-likeness (QED) is 0.192. The fraction of sp³-hybridized carbons (Fsp3) is 1.00. The van der Waals surface area contributed by atoms with Crippen molar-refractivity contribution in [1.82, 2.24) is 0 Å². The minimum atomic E-state index is 0.608. The molecule has 0 amide bonds. The van der Waals surface area contributed by atoms with Crippen molar-refractivity contribution in [2.45, 2.75) is 0 Å². The van der Waals surface area contributed by atoms with E-state index in [4.69, 9.17) is 0 Å². The molecular formula is CH6B2O2S. The summed E-state index contributed by atoms with van der Waals surface area (Å²) < 4.78 is 9.19. The Hall–Kier alpha value is 0.400. The Morgan fingerprint density at radius 2 is 2.17 bits per heavy atom. The van der Waals surface area contributed by atoms with E-state index in [1.54, 1.807) is 16.1 Å². The molecule has 0 radical (unpaired) electrons. The zero-order chi connectivity index (χ0) is 4.83. The van der Waals surface area contributed by atoms with Crippen LogP contribution in [0.25, 0.3) is 0 Å². The standard InChI is InChI=1S/CH6B2O2S/c2-4-1-6-5-3/h1-3H2. The Balaban J connectivity index is 2.34. The van der Waals surface area contributed by atoms with Crippen LogP contribution in [0, 0.1) is 0 Å². The molecule has 0 aliphatic heterocycles. The van der Waals surface area contributed by atoms with E-state index >= 15 is 0 Å². The third kappa shape index (κ3) is 4.40. The van der Waals surface area contributed by atoms with Gasteiger partial charge in [0.15, 0.2) is 0 Å². The lowest BCUT2D eigenvalue weighted by Crippen LogP contribution is -1.82. The molecule has 5 heteroatoms. The predicted molar refractivity (Wildman–Crippen MR) is 31.7 cm³/mol. The van der Waals surface area contributed by atoms with E-state index in [2.05, 4.69) is 8.75 Å². The second-order valence-electron chi connectivity index (χ2n) is 0.691. The minimum Gasteiger partial charge on any atom is -0.433 e. The van der Waals surface area contributed by atoms with Crippen molar-refractivity contribution in [2.75, 3.05) is 5.94 Å². The summed E-state index contributed by atoms with van der Waals surface area (Å²) in [7, 11) is 3.25. The first-order chi connectivity index (χ1) is 2.91. The highest BCUT2D eigenvalue weighted by Gasteiger charge is 1.74. The monoisotopic (exact) mass is 104 g/mol. The minimum absolute atomic E-state index is 0.608. The maximum atomic E-state index is 4.62. The lowest BCUT2D eigenvalue weighted by atomic mass is 10.6. The van der Waals surface area contributed by atoms with Crippen LogP contribution in [0.15, 0.2) is 0 Å². The van der Waals surface area contributed by atoms with Gasteiger partial charge in [-0.25, -0.2) is 0 Å². The second-order valence-corrected chi connectivity index (χ2v) is 1.50. The molecule has 0 aromatic rings. The summed E-state index contributed by atoms with van der Waals surface area (Å²) in [6.45, 7) is 0. The van der Waals surface area contributed by atoms with Crippen molar-refractivity contribution in [2.24, 2.45) is 0 Å². The van der Waals surface area contributed by atoms with Gasteiger partial charge in [-0.1, -0.05) is 0 Å². The zero-order valence-corrected chi connectivity index (χ0v) is 4.75. The lowest BCUT2D eigenvalue weighted by Gasteiger charge is -1.91. The molecule has 0 aromatic carbocycles. The predicted octanol–water partition coefficient (Wildman–Crippen LogP) is -1.28. The van der Waals surface area contributed by atoms with Crippen molar-refractivity contribution in [3.05, 3.63) is 0 Å². The Labute approximate surface area is 43.7 Å². The number of rotatable bonds is 3. The SMILES string of the molecule is BOCSOB. The van der Waals surface area contributed by atoms with Gasteiger partial charge < -0.3 is 8.75 Å². The van der Waals surface area contributed by atoms with Gasteiger partial charge >= 0.3 is 0 Å². The molecule has 0 aliphatic rings. The van der Waals surface area contributed by atoms with Gasteiger partial charge in [-0.2, -0.15) is 0 Å². The molecule has 2 nitrogen and oxygen atoms in total. The summed E-state index contributed by atoms with van der Waals surface area (Å²) in [6, 6.07) is 0. The largest absolute Gasteiger partial charge is 0.433 e. The van der Waals surface area contributed by atoms with Crippen LogP contribution in [0.4, 0.5) is 0 Å². The molecule has 6 heavy (non-hydrogen) atoms. The molecule has 34 valence electrons. The molecule has 0 bridgehead atoms. The van der Waals surface area contributed by atoms with Gasteiger partial charge in [0.2, 0.25) is 0 Å². The van der Waals surface area contributed by atoms with Crippen molar-refractivity contribution in [3.8, 4) is 0 Å². The smallest absolute Gasteiger partial charge is 0.277 e. The molecule has 0 N–H and O–H groups in total. The maximum absolute atomic E-state index is 4.62. The first-order valence-corrected chi connectivity index (χ1v) is 2.47. The zero-order valence-electron chi connectivity index (χ0n) is 3.93. The Morgan fingerprint density at radius 3 is 2.33 bits per heavy atom. The Kier molecular flexibility index (Phi) is 5.76. The highest BCUT2D eigenvalue weighted by atomic mass is 32.2. The molecule has 0 unspecified atom stereocenters. The van der Waals surface area contributed by atoms with Crippen molar-refractivity contribution in [1.29, 1.82) is 0 Å². The number of hydrogen-bond acceptors (Lipinski definition) is 3. The van der Waals surface area contributed by atoms with E-state index in [1.807, 2.05) is 0 Å². The summed E-state index contributed by atoms with van der Waals surface area (Å²) in [5.41, 5.74) is 0. The summed E-state index contributed by atoms with van der Waals surface area (Å²) in [4.78, 5) is 0. The average molecular weight is 104 g/mol. The molecule has 0 fully saturated rings. The topological polar surface area (TPSA) is 18.5 Å². The molecule has 0 atom stereocenters. The summed E-state index contributed by atoms with van der Waals surface area (Å²) in [5, 5.41) is 0. The highest BCUT2D eigenvalue weighted by molar-refractivity contribution is 7.95. The van der Waals surface area contributed by atoms with Crippen LogP contribution in [0.2, 0.25) is 0 Å². The van der Waals surface area contributed by atoms with Gasteiger partial charge in [-0.05, 0) is 12.0 Å². The van der Waals surface area contributed by atoms with Crippen LogP contribution in [-0.2, 0) is 8.75 Å². The molecule has 0 saturated heterocycles.